The fourth-order valence-corrected chi connectivity index (χ4v) is 4.62. The van der Waals surface area contributed by atoms with Crippen LogP contribution in [0.4, 0.5) is 5.69 Å². The van der Waals surface area contributed by atoms with Crippen LogP contribution in [0.25, 0.3) is 0 Å². The second kappa shape index (κ2) is 6.74. The number of fused-ring (bicyclic) bond motifs is 6. The van der Waals surface area contributed by atoms with Gasteiger partial charge in [0.25, 0.3) is 0 Å². The number of para-hydroxylation sites is 1. The molecule has 2 aliphatic heterocycles. The minimum Gasteiger partial charge on any atom is -0.456 e. The summed E-state index contributed by atoms with van der Waals surface area (Å²) in [6.45, 7) is 0.643. The lowest BCUT2D eigenvalue weighted by atomic mass is 9.77. The van der Waals surface area contributed by atoms with Gasteiger partial charge in [-0.3, -0.25) is 0 Å². The highest BCUT2D eigenvalue weighted by Crippen LogP contribution is 2.57. The average Bonchev–Trinajstić information content (AvgIpc) is 3.11. The van der Waals surface area contributed by atoms with Gasteiger partial charge in [0.2, 0.25) is 0 Å². The first kappa shape index (κ1) is 17.8. The van der Waals surface area contributed by atoms with Gasteiger partial charge < -0.3 is 14.8 Å². The first-order chi connectivity index (χ1) is 15.3. The van der Waals surface area contributed by atoms with Gasteiger partial charge in [-0.2, -0.15) is 0 Å². The Kier molecular flexibility index (Phi) is 3.87. The van der Waals surface area contributed by atoms with Crippen LogP contribution in [0.3, 0.4) is 0 Å². The summed E-state index contributed by atoms with van der Waals surface area (Å²) in [5, 5.41) is 3.55. The number of hydrogen-bond donors (Lipinski definition) is 1. The van der Waals surface area contributed by atoms with Crippen molar-refractivity contribution in [2.75, 3.05) is 5.32 Å². The SMILES string of the molecule is O=C1OC2(c3ccccc3Oc3cccc(NCc4ccccc4)c32)c2ccccc21. The molecule has 4 aromatic rings. The highest BCUT2D eigenvalue weighted by Gasteiger charge is 2.54. The number of nitrogens with one attached hydrogen (secondary N) is 1. The third-order valence-electron chi connectivity index (χ3n) is 5.96. The van der Waals surface area contributed by atoms with Crippen molar-refractivity contribution in [2.45, 2.75) is 12.1 Å². The molecule has 150 valence electrons. The van der Waals surface area contributed by atoms with E-state index in [0.717, 1.165) is 27.9 Å². The van der Waals surface area contributed by atoms with Gasteiger partial charge in [-0.25, -0.2) is 4.79 Å². The van der Waals surface area contributed by atoms with Crippen LogP contribution >= 0.6 is 0 Å². The molecule has 0 saturated carbocycles. The predicted molar refractivity (Wildman–Crippen MR) is 118 cm³/mol. The predicted octanol–water partition coefficient (Wildman–Crippen LogP) is 5.87. The number of carbonyl (C=O) groups excluding carboxylic acids is 1. The fraction of sp³-hybridized carbons (Fsp3) is 0.0741. The molecule has 1 N–H and O–H groups in total. The summed E-state index contributed by atoms with van der Waals surface area (Å²) in [6.07, 6.45) is 0. The van der Waals surface area contributed by atoms with Crippen molar-refractivity contribution in [3.05, 3.63) is 125 Å². The topological polar surface area (TPSA) is 47.6 Å². The van der Waals surface area contributed by atoms with Crippen LogP contribution in [-0.2, 0) is 16.9 Å². The Morgan fingerprint density at radius 2 is 1.42 bits per heavy atom. The maximum absolute atomic E-state index is 13.0. The van der Waals surface area contributed by atoms with Crippen LogP contribution in [0, 0.1) is 0 Å². The van der Waals surface area contributed by atoms with Gasteiger partial charge in [-0.1, -0.05) is 72.8 Å². The summed E-state index contributed by atoms with van der Waals surface area (Å²) in [4.78, 5) is 13.0. The quantitative estimate of drug-likeness (QED) is 0.433. The Morgan fingerprint density at radius 3 is 2.29 bits per heavy atom. The van der Waals surface area contributed by atoms with Crippen molar-refractivity contribution in [3.8, 4) is 11.5 Å². The molecule has 2 aliphatic rings. The molecule has 4 nitrogen and oxygen atoms in total. The standard InChI is InChI=1S/C27H19NO3/c29-26-19-11-4-5-12-20(19)27(31-26)21-13-6-7-15-23(21)30-24-16-8-14-22(25(24)27)28-17-18-9-2-1-3-10-18/h1-16,28H,17H2. The zero-order chi connectivity index (χ0) is 20.8. The first-order valence-corrected chi connectivity index (χ1v) is 10.3. The Hall–Kier alpha value is -4.05. The lowest BCUT2D eigenvalue weighted by Crippen LogP contribution is -2.34. The lowest BCUT2D eigenvalue weighted by Gasteiger charge is -2.37. The third-order valence-corrected chi connectivity index (χ3v) is 5.96. The van der Waals surface area contributed by atoms with Crippen molar-refractivity contribution in [1.29, 1.82) is 0 Å². The fourth-order valence-electron chi connectivity index (χ4n) is 4.62. The molecule has 0 amide bonds. The van der Waals surface area contributed by atoms with E-state index < -0.39 is 5.60 Å². The largest absolute Gasteiger partial charge is 0.456 e. The Balaban J connectivity index is 1.58. The maximum atomic E-state index is 13.0. The van der Waals surface area contributed by atoms with Crippen molar-refractivity contribution >= 4 is 11.7 Å². The highest BCUT2D eigenvalue weighted by atomic mass is 16.6. The molecule has 0 saturated heterocycles. The Morgan fingerprint density at radius 1 is 0.710 bits per heavy atom. The number of esters is 1. The molecule has 31 heavy (non-hydrogen) atoms. The summed E-state index contributed by atoms with van der Waals surface area (Å²) >= 11 is 0. The third kappa shape index (κ3) is 2.58. The summed E-state index contributed by atoms with van der Waals surface area (Å²) in [5.74, 6) is 1.05. The van der Waals surface area contributed by atoms with Crippen molar-refractivity contribution in [3.63, 3.8) is 0 Å². The average molecular weight is 405 g/mol. The summed E-state index contributed by atoms with van der Waals surface area (Å²) < 4.78 is 12.5. The van der Waals surface area contributed by atoms with E-state index in [9.17, 15) is 4.79 Å². The molecule has 1 atom stereocenters. The zero-order valence-corrected chi connectivity index (χ0v) is 16.7. The molecular formula is C27H19NO3. The number of anilines is 1. The molecule has 0 aromatic heterocycles. The summed E-state index contributed by atoms with van der Waals surface area (Å²) in [6, 6.07) is 31.5. The van der Waals surface area contributed by atoms with Gasteiger partial charge in [-0.05, 0) is 29.8 Å². The van der Waals surface area contributed by atoms with Gasteiger partial charge >= 0.3 is 5.97 Å². The first-order valence-electron chi connectivity index (χ1n) is 10.3. The summed E-state index contributed by atoms with van der Waals surface area (Å²) in [7, 11) is 0. The normalized spacial score (nSPS) is 17.9. The van der Waals surface area contributed by atoms with E-state index in [-0.39, 0.29) is 5.97 Å². The molecule has 4 heteroatoms. The number of carbonyl (C=O) groups is 1. The maximum Gasteiger partial charge on any atom is 0.340 e. The van der Waals surface area contributed by atoms with Crippen molar-refractivity contribution in [2.24, 2.45) is 0 Å². The molecule has 0 aliphatic carbocycles. The number of benzene rings is 4. The van der Waals surface area contributed by atoms with Crippen LogP contribution < -0.4 is 10.1 Å². The minimum absolute atomic E-state index is 0.323. The van der Waals surface area contributed by atoms with Crippen LogP contribution in [-0.4, -0.2) is 5.97 Å². The van der Waals surface area contributed by atoms with Crippen LogP contribution in [0.15, 0.2) is 97.1 Å². The van der Waals surface area contributed by atoms with E-state index in [0.29, 0.717) is 23.6 Å². The molecule has 4 aromatic carbocycles. The molecule has 0 radical (unpaired) electrons. The highest BCUT2D eigenvalue weighted by molar-refractivity contribution is 5.97. The second-order valence-corrected chi connectivity index (χ2v) is 7.73. The van der Waals surface area contributed by atoms with E-state index in [1.807, 2.05) is 84.9 Å². The number of hydrogen-bond acceptors (Lipinski definition) is 4. The van der Waals surface area contributed by atoms with Crippen molar-refractivity contribution in [1.82, 2.24) is 0 Å². The Labute approximate surface area is 180 Å². The summed E-state index contributed by atoms with van der Waals surface area (Å²) in [5.41, 5.74) is 4.06. The number of ether oxygens (including phenoxy) is 2. The lowest BCUT2D eigenvalue weighted by molar-refractivity contribution is 0.0226. The van der Waals surface area contributed by atoms with Crippen molar-refractivity contribution < 1.29 is 14.3 Å². The molecule has 2 heterocycles. The van der Waals surface area contributed by atoms with E-state index in [2.05, 4.69) is 17.4 Å². The van der Waals surface area contributed by atoms with Gasteiger partial charge in [-0.15, -0.1) is 0 Å². The van der Waals surface area contributed by atoms with E-state index in [1.165, 1.54) is 0 Å². The molecule has 1 unspecified atom stereocenters. The van der Waals surface area contributed by atoms with Gasteiger partial charge in [0.15, 0.2) is 5.60 Å². The Bertz CT molecular complexity index is 1320. The van der Waals surface area contributed by atoms with Crippen LogP contribution in [0.1, 0.15) is 32.6 Å². The molecule has 0 bridgehead atoms. The van der Waals surface area contributed by atoms with E-state index in [1.54, 1.807) is 0 Å². The second-order valence-electron chi connectivity index (χ2n) is 7.73. The van der Waals surface area contributed by atoms with Gasteiger partial charge in [0.1, 0.15) is 11.5 Å². The molecule has 0 fully saturated rings. The van der Waals surface area contributed by atoms with Gasteiger partial charge in [0, 0.05) is 23.4 Å². The van der Waals surface area contributed by atoms with E-state index in [4.69, 9.17) is 9.47 Å². The van der Waals surface area contributed by atoms with Crippen LogP contribution in [0.5, 0.6) is 11.5 Å². The molecule has 1 spiro atoms. The molecular weight excluding hydrogens is 386 g/mol. The monoisotopic (exact) mass is 405 g/mol. The zero-order valence-electron chi connectivity index (χ0n) is 16.7. The number of rotatable bonds is 3. The van der Waals surface area contributed by atoms with Crippen LogP contribution in [0.2, 0.25) is 0 Å². The minimum atomic E-state index is -1.06. The van der Waals surface area contributed by atoms with E-state index >= 15 is 0 Å². The smallest absolute Gasteiger partial charge is 0.340 e. The molecule has 6 rings (SSSR count). The van der Waals surface area contributed by atoms with Gasteiger partial charge in [0.05, 0.1) is 11.1 Å².